The minimum absolute atomic E-state index is 0.647. The third kappa shape index (κ3) is 2.02. The molecular weight excluding hydrogens is 320 g/mol. The smallest absolute Gasteiger partial charge is 0.282 e. The zero-order valence-corrected chi connectivity index (χ0v) is 13.2. The van der Waals surface area contributed by atoms with Crippen molar-refractivity contribution in [3.63, 3.8) is 0 Å². The molecule has 126 valence electrons. The Kier molecular flexibility index (Phi) is 2.87. The number of nitrogens with one attached hydrogen (secondary N) is 5. The van der Waals surface area contributed by atoms with Crippen molar-refractivity contribution in [3.05, 3.63) is 78.3 Å². The lowest BCUT2D eigenvalue weighted by atomic mass is 10.1. The highest BCUT2D eigenvalue weighted by atomic mass is 16.5. The summed E-state index contributed by atoms with van der Waals surface area (Å²) in [7, 11) is 0. The summed E-state index contributed by atoms with van der Waals surface area (Å²) in [5.41, 5.74) is 3.81. The zero-order valence-electron chi connectivity index (χ0n) is 13.2. The number of ether oxygens (including phenoxy) is 1. The van der Waals surface area contributed by atoms with Crippen LogP contribution < -0.4 is 10.7 Å². The van der Waals surface area contributed by atoms with Gasteiger partial charge in [0.15, 0.2) is 17.4 Å². The molecule has 5 N–H and O–H groups in total. The van der Waals surface area contributed by atoms with Gasteiger partial charge in [0.1, 0.15) is 5.69 Å². The highest BCUT2D eigenvalue weighted by molar-refractivity contribution is 5.63. The van der Waals surface area contributed by atoms with Crippen molar-refractivity contribution in [2.75, 3.05) is 6.54 Å². The van der Waals surface area contributed by atoms with Gasteiger partial charge in [0.05, 0.1) is 12.2 Å². The van der Waals surface area contributed by atoms with Crippen LogP contribution in [0.2, 0.25) is 0 Å². The van der Waals surface area contributed by atoms with Crippen LogP contribution in [0.25, 0.3) is 5.76 Å². The molecule has 2 aliphatic heterocycles. The van der Waals surface area contributed by atoms with Crippen LogP contribution in [0.15, 0.2) is 61.1 Å². The molecule has 3 aromatic heterocycles. The first-order valence-electron chi connectivity index (χ1n) is 7.90. The molecule has 9 heteroatoms. The van der Waals surface area contributed by atoms with Gasteiger partial charge < -0.3 is 25.4 Å². The maximum atomic E-state index is 6.47. The van der Waals surface area contributed by atoms with Gasteiger partial charge in [0.2, 0.25) is 0 Å². The highest BCUT2D eigenvalue weighted by Gasteiger charge is 2.49. The number of hydrogen-bond acceptors (Lipinski definition) is 6. The Morgan fingerprint density at radius 2 is 2.16 bits per heavy atom. The SMILES string of the molecule is C1=CNN(C2=C(c3ccn[nH]3)OC(c3ccc[nH]3)(c3ncc[nH]3)N2)C1. The van der Waals surface area contributed by atoms with Crippen LogP contribution in [0.5, 0.6) is 0 Å². The van der Waals surface area contributed by atoms with Crippen LogP contribution in [0.1, 0.15) is 17.2 Å². The van der Waals surface area contributed by atoms with E-state index in [2.05, 4.69) is 35.9 Å². The third-order valence-electron chi connectivity index (χ3n) is 4.23. The predicted molar refractivity (Wildman–Crippen MR) is 88.9 cm³/mol. The van der Waals surface area contributed by atoms with Crippen LogP contribution in [0.3, 0.4) is 0 Å². The quantitative estimate of drug-likeness (QED) is 0.485. The van der Waals surface area contributed by atoms with Gasteiger partial charge in [0, 0.05) is 31.0 Å². The molecule has 0 amide bonds. The standard InChI is InChI=1S/C16H16N8O/c1-3-12(17-5-1)16(15-18-8-9-19-15)22-14(24-10-2-6-21-24)13(25-16)11-4-7-20-23-11/h1-9,17,21-22H,10H2,(H,18,19)(H,20,23). The highest BCUT2D eigenvalue weighted by Crippen LogP contribution is 2.41. The minimum atomic E-state index is -0.993. The molecule has 5 rings (SSSR count). The summed E-state index contributed by atoms with van der Waals surface area (Å²) in [5, 5.41) is 12.5. The molecule has 0 saturated heterocycles. The molecule has 2 aliphatic rings. The van der Waals surface area contributed by atoms with E-state index in [0.29, 0.717) is 18.1 Å². The number of aromatic amines is 3. The first kappa shape index (κ1) is 13.8. The van der Waals surface area contributed by atoms with Gasteiger partial charge in [-0.05, 0) is 24.3 Å². The maximum absolute atomic E-state index is 6.47. The summed E-state index contributed by atoms with van der Waals surface area (Å²) in [5.74, 6) is 2.09. The van der Waals surface area contributed by atoms with Gasteiger partial charge in [-0.3, -0.25) is 10.1 Å². The van der Waals surface area contributed by atoms with E-state index in [1.54, 1.807) is 18.6 Å². The fourth-order valence-corrected chi connectivity index (χ4v) is 3.08. The number of imidazole rings is 1. The van der Waals surface area contributed by atoms with Gasteiger partial charge in [-0.25, -0.2) is 4.98 Å². The maximum Gasteiger partial charge on any atom is 0.282 e. The van der Waals surface area contributed by atoms with Crippen LogP contribution in [0, 0.1) is 0 Å². The Morgan fingerprint density at radius 1 is 1.16 bits per heavy atom. The number of aromatic nitrogens is 5. The Labute approximate surface area is 142 Å². The van der Waals surface area contributed by atoms with Crippen molar-refractivity contribution >= 4 is 5.76 Å². The van der Waals surface area contributed by atoms with Crippen LogP contribution in [-0.2, 0) is 10.5 Å². The monoisotopic (exact) mass is 336 g/mol. The van der Waals surface area contributed by atoms with E-state index >= 15 is 0 Å². The molecule has 0 fully saturated rings. The predicted octanol–water partition coefficient (Wildman–Crippen LogP) is 0.942. The summed E-state index contributed by atoms with van der Waals surface area (Å²) in [6, 6.07) is 5.75. The Balaban J connectivity index is 1.64. The van der Waals surface area contributed by atoms with E-state index in [1.165, 1.54) is 0 Å². The lowest BCUT2D eigenvalue weighted by Gasteiger charge is -2.28. The van der Waals surface area contributed by atoms with E-state index in [9.17, 15) is 0 Å². The number of nitrogens with zero attached hydrogens (tertiary/aromatic N) is 3. The summed E-state index contributed by atoms with van der Waals surface area (Å²) in [6.45, 7) is 0.711. The molecule has 5 heterocycles. The molecular formula is C16H16N8O. The number of H-pyrrole nitrogens is 3. The summed E-state index contributed by atoms with van der Waals surface area (Å²) >= 11 is 0. The van der Waals surface area contributed by atoms with Crippen LogP contribution in [0.4, 0.5) is 0 Å². The second kappa shape index (κ2) is 5.20. The lowest BCUT2D eigenvalue weighted by molar-refractivity contribution is 0.0614. The van der Waals surface area contributed by atoms with Crippen molar-refractivity contribution in [2.45, 2.75) is 5.72 Å². The molecule has 0 bridgehead atoms. The van der Waals surface area contributed by atoms with Gasteiger partial charge in [0.25, 0.3) is 5.72 Å². The van der Waals surface area contributed by atoms with E-state index in [1.807, 2.05) is 41.7 Å². The Bertz CT molecular complexity index is 865. The first-order chi connectivity index (χ1) is 12.4. The average molecular weight is 336 g/mol. The summed E-state index contributed by atoms with van der Waals surface area (Å²) < 4.78 is 6.47. The number of hydrogen-bond donors (Lipinski definition) is 5. The Morgan fingerprint density at radius 3 is 2.84 bits per heavy atom. The molecule has 1 atom stereocenters. The van der Waals surface area contributed by atoms with Crippen molar-refractivity contribution in [3.8, 4) is 0 Å². The lowest BCUT2D eigenvalue weighted by Crippen LogP contribution is -2.46. The molecule has 9 nitrogen and oxygen atoms in total. The van der Waals surface area contributed by atoms with E-state index in [4.69, 9.17) is 4.74 Å². The average Bonchev–Trinajstić information content (AvgIpc) is 3.49. The second-order valence-electron chi connectivity index (χ2n) is 5.72. The molecule has 0 aromatic carbocycles. The fourth-order valence-electron chi connectivity index (χ4n) is 3.08. The van der Waals surface area contributed by atoms with Crippen molar-refractivity contribution < 1.29 is 4.74 Å². The van der Waals surface area contributed by atoms with Gasteiger partial charge >= 0.3 is 0 Å². The summed E-state index contributed by atoms with van der Waals surface area (Å²) in [4.78, 5) is 10.8. The van der Waals surface area contributed by atoms with E-state index in [-0.39, 0.29) is 0 Å². The number of hydrazine groups is 1. The molecule has 0 aliphatic carbocycles. The molecule has 0 saturated carbocycles. The first-order valence-corrected chi connectivity index (χ1v) is 7.90. The van der Waals surface area contributed by atoms with Crippen molar-refractivity contribution in [1.82, 2.24) is 40.9 Å². The molecule has 0 radical (unpaired) electrons. The minimum Gasteiger partial charge on any atom is -0.449 e. The second-order valence-corrected chi connectivity index (χ2v) is 5.72. The molecule has 3 aromatic rings. The van der Waals surface area contributed by atoms with Crippen LogP contribution in [-0.4, -0.2) is 36.7 Å². The molecule has 0 spiro atoms. The van der Waals surface area contributed by atoms with E-state index in [0.717, 1.165) is 17.2 Å². The van der Waals surface area contributed by atoms with E-state index < -0.39 is 5.72 Å². The van der Waals surface area contributed by atoms with Gasteiger partial charge in [-0.1, -0.05) is 0 Å². The van der Waals surface area contributed by atoms with Crippen molar-refractivity contribution in [2.24, 2.45) is 0 Å². The zero-order chi connectivity index (χ0) is 16.7. The van der Waals surface area contributed by atoms with Crippen molar-refractivity contribution in [1.29, 1.82) is 0 Å². The third-order valence-corrected chi connectivity index (χ3v) is 4.23. The topological polar surface area (TPSA) is 110 Å². The van der Waals surface area contributed by atoms with Crippen LogP contribution >= 0.6 is 0 Å². The molecule has 1 unspecified atom stereocenters. The largest absolute Gasteiger partial charge is 0.449 e. The van der Waals surface area contributed by atoms with Gasteiger partial charge in [-0.2, -0.15) is 5.10 Å². The number of rotatable bonds is 4. The fraction of sp³-hybridized carbons (Fsp3) is 0.125. The van der Waals surface area contributed by atoms with Gasteiger partial charge in [-0.15, -0.1) is 0 Å². The normalized spacial score (nSPS) is 22.2. The Hall–Kier alpha value is -3.62. The summed E-state index contributed by atoms with van der Waals surface area (Å²) in [6.07, 6.45) is 10.9. The molecule has 25 heavy (non-hydrogen) atoms.